The quantitative estimate of drug-likeness (QED) is 0.533. The molecule has 1 amide bonds. The molecule has 0 saturated carbocycles. The van der Waals surface area contributed by atoms with Gasteiger partial charge < -0.3 is 24.4 Å². The van der Waals surface area contributed by atoms with Crippen molar-refractivity contribution in [1.82, 2.24) is 25.3 Å². The normalized spacial score (nSPS) is 15.9. The van der Waals surface area contributed by atoms with Crippen LogP contribution < -0.4 is 5.32 Å². The van der Waals surface area contributed by atoms with Crippen LogP contribution >= 0.6 is 0 Å². The van der Waals surface area contributed by atoms with Gasteiger partial charge in [-0.25, -0.2) is 4.79 Å². The van der Waals surface area contributed by atoms with E-state index < -0.39 is 5.60 Å². The van der Waals surface area contributed by atoms with Crippen molar-refractivity contribution < 1.29 is 14.1 Å². The van der Waals surface area contributed by atoms with Gasteiger partial charge in [0.1, 0.15) is 5.60 Å². The average Bonchev–Trinajstić information content (AvgIpc) is 3.09. The van der Waals surface area contributed by atoms with Crippen molar-refractivity contribution in [3.63, 3.8) is 0 Å². The lowest BCUT2D eigenvalue weighted by atomic mass is 9.96. The molecule has 1 fully saturated rings. The highest BCUT2D eigenvalue weighted by atomic mass is 16.6. The Morgan fingerprint density at radius 3 is 2.57 bits per heavy atom. The Hall–Kier alpha value is -2.32. The number of hydrogen-bond donors (Lipinski definition) is 1. The van der Waals surface area contributed by atoms with Crippen molar-refractivity contribution in [2.75, 3.05) is 39.3 Å². The number of likely N-dealkylation sites (tertiary alicyclic amines) is 1. The molecule has 2 rings (SSSR count). The fourth-order valence-corrected chi connectivity index (χ4v) is 3.42. The molecule has 1 saturated heterocycles. The zero-order chi connectivity index (χ0) is 22.1. The molecule has 1 aliphatic rings. The molecule has 1 aliphatic heterocycles. The predicted molar refractivity (Wildman–Crippen MR) is 116 cm³/mol. The van der Waals surface area contributed by atoms with Gasteiger partial charge in [-0.2, -0.15) is 4.98 Å². The highest BCUT2D eigenvalue weighted by molar-refractivity contribution is 5.80. The van der Waals surface area contributed by atoms with Gasteiger partial charge in [-0.3, -0.25) is 4.99 Å². The number of aromatic nitrogens is 2. The van der Waals surface area contributed by atoms with E-state index in [2.05, 4.69) is 27.3 Å². The molecule has 1 N–H and O–H groups in total. The molecule has 2 heterocycles. The second kappa shape index (κ2) is 11.2. The van der Waals surface area contributed by atoms with Crippen molar-refractivity contribution >= 4 is 12.1 Å². The largest absolute Gasteiger partial charge is 0.444 e. The number of nitrogens with zero attached hydrogens (tertiary/aromatic N) is 5. The minimum absolute atomic E-state index is 0.224. The van der Waals surface area contributed by atoms with Gasteiger partial charge in [0.2, 0.25) is 5.89 Å². The summed E-state index contributed by atoms with van der Waals surface area (Å²) in [4.78, 5) is 25.5. The summed E-state index contributed by atoms with van der Waals surface area (Å²) in [5.41, 5.74) is -0.467. The van der Waals surface area contributed by atoms with Crippen LogP contribution in [0.4, 0.5) is 4.79 Å². The van der Waals surface area contributed by atoms with Crippen LogP contribution in [-0.4, -0.2) is 76.9 Å². The summed E-state index contributed by atoms with van der Waals surface area (Å²) in [5, 5.41) is 7.19. The molecule has 0 aromatic carbocycles. The van der Waals surface area contributed by atoms with Crippen LogP contribution in [0.15, 0.2) is 9.52 Å². The minimum atomic E-state index is -0.467. The van der Waals surface area contributed by atoms with Gasteiger partial charge in [-0.05, 0) is 60.3 Å². The van der Waals surface area contributed by atoms with Crippen LogP contribution in [-0.2, 0) is 11.2 Å². The minimum Gasteiger partial charge on any atom is -0.444 e. The molecule has 0 radical (unpaired) electrons. The number of piperidine rings is 1. The number of ether oxygens (including phenoxy) is 1. The van der Waals surface area contributed by atoms with E-state index in [1.54, 1.807) is 0 Å². The van der Waals surface area contributed by atoms with Crippen molar-refractivity contribution in [3.8, 4) is 0 Å². The maximum atomic E-state index is 12.4. The monoisotopic (exact) mass is 422 g/mol. The summed E-state index contributed by atoms with van der Waals surface area (Å²) in [7, 11) is 0. The molecule has 30 heavy (non-hydrogen) atoms. The Labute approximate surface area is 180 Å². The molecule has 9 nitrogen and oxygen atoms in total. The van der Waals surface area contributed by atoms with Gasteiger partial charge in [-0.1, -0.05) is 5.16 Å². The Morgan fingerprint density at radius 2 is 2.03 bits per heavy atom. The van der Waals surface area contributed by atoms with Gasteiger partial charge in [0.15, 0.2) is 11.8 Å². The third kappa shape index (κ3) is 7.84. The third-order valence-electron chi connectivity index (χ3n) is 4.92. The van der Waals surface area contributed by atoms with Crippen LogP contribution in [0, 0.1) is 12.8 Å². The van der Waals surface area contributed by atoms with E-state index in [1.165, 1.54) is 0 Å². The molecule has 0 atom stereocenters. The summed E-state index contributed by atoms with van der Waals surface area (Å²) < 4.78 is 10.7. The topological polar surface area (TPSA) is 96.1 Å². The zero-order valence-electron chi connectivity index (χ0n) is 19.4. The number of aliphatic imine (C=N–C) groups is 1. The number of carbonyl (C=O) groups excluding carboxylic acids is 1. The first-order valence-corrected chi connectivity index (χ1v) is 11.0. The highest BCUT2D eigenvalue weighted by Crippen LogP contribution is 2.20. The van der Waals surface area contributed by atoms with E-state index in [0.29, 0.717) is 37.1 Å². The second-order valence-corrected chi connectivity index (χ2v) is 8.67. The smallest absolute Gasteiger partial charge is 0.410 e. The van der Waals surface area contributed by atoms with Crippen LogP contribution in [0.25, 0.3) is 0 Å². The second-order valence-electron chi connectivity index (χ2n) is 8.67. The summed E-state index contributed by atoms with van der Waals surface area (Å²) >= 11 is 0. The number of nitrogens with one attached hydrogen (secondary N) is 1. The molecule has 0 unspecified atom stereocenters. The Kier molecular flexibility index (Phi) is 8.92. The summed E-state index contributed by atoms with van der Waals surface area (Å²) in [5.74, 6) is 2.66. The Balaban J connectivity index is 1.85. The molecule has 9 heteroatoms. The van der Waals surface area contributed by atoms with Gasteiger partial charge in [0.25, 0.3) is 0 Å². The molecule has 170 valence electrons. The number of guanidine groups is 1. The van der Waals surface area contributed by atoms with Crippen molar-refractivity contribution in [1.29, 1.82) is 0 Å². The number of rotatable bonds is 7. The van der Waals surface area contributed by atoms with Gasteiger partial charge in [0.05, 0.1) is 6.54 Å². The molecular formula is C21H38N6O3. The highest BCUT2D eigenvalue weighted by Gasteiger charge is 2.27. The lowest BCUT2D eigenvalue weighted by molar-refractivity contribution is 0.0214. The van der Waals surface area contributed by atoms with Crippen molar-refractivity contribution in [2.24, 2.45) is 10.9 Å². The van der Waals surface area contributed by atoms with Crippen LogP contribution in [0.5, 0.6) is 0 Å². The number of carbonyl (C=O) groups is 1. The standard InChI is InChI=1S/C21H38N6O3/c1-7-22-19(23-12-9-18-24-16(3)25-30-18)27-13-10-17(11-14-27)15-26(8-2)20(28)29-21(4,5)6/h17H,7-15H2,1-6H3,(H,22,23). The molecule has 1 aromatic heterocycles. The first-order chi connectivity index (χ1) is 14.2. The predicted octanol–water partition coefficient (Wildman–Crippen LogP) is 2.86. The van der Waals surface area contributed by atoms with Crippen LogP contribution in [0.1, 0.15) is 59.2 Å². The molecule has 0 bridgehead atoms. The van der Waals surface area contributed by atoms with Gasteiger partial charge in [-0.15, -0.1) is 0 Å². The molecule has 0 spiro atoms. The number of aryl methyl sites for hydroxylation is 1. The van der Waals surface area contributed by atoms with E-state index >= 15 is 0 Å². The number of amides is 1. The fourth-order valence-electron chi connectivity index (χ4n) is 3.42. The Morgan fingerprint density at radius 1 is 1.33 bits per heavy atom. The van der Waals surface area contributed by atoms with E-state index in [4.69, 9.17) is 14.3 Å². The van der Waals surface area contributed by atoms with Crippen LogP contribution in [0.3, 0.4) is 0 Å². The SMILES string of the molecule is CCNC(=NCCc1nc(C)no1)N1CCC(CN(CC)C(=O)OC(C)(C)C)CC1. The van der Waals surface area contributed by atoms with Crippen molar-refractivity contribution in [3.05, 3.63) is 11.7 Å². The van der Waals surface area contributed by atoms with E-state index in [-0.39, 0.29) is 6.09 Å². The van der Waals surface area contributed by atoms with Crippen LogP contribution in [0.2, 0.25) is 0 Å². The first-order valence-electron chi connectivity index (χ1n) is 11.0. The zero-order valence-corrected chi connectivity index (χ0v) is 19.4. The average molecular weight is 423 g/mol. The van der Waals surface area contributed by atoms with E-state index in [1.807, 2.05) is 39.5 Å². The van der Waals surface area contributed by atoms with E-state index in [0.717, 1.165) is 45.0 Å². The lowest BCUT2D eigenvalue weighted by Gasteiger charge is -2.36. The van der Waals surface area contributed by atoms with Gasteiger partial charge >= 0.3 is 6.09 Å². The molecule has 1 aromatic rings. The maximum Gasteiger partial charge on any atom is 0.410 e. The summed E-state index contributed by atoms with van der Waals surface area (Å²) in [6, 6.07) is 0. The Bertz CT molecular complexity index is 689. The summed E-state index contributed by atoms with van der Waals surface area (Å²) in [6.45, 7) is 16.3. The van der Waals surface area contributed by atoms with Gasteiger partial charge in [0, 0.05) is 39.1 Å². The molecule has 0 aliphatic carbocycles. The summed E-state index contributed by atoms with van der Waals surface area (Å²) in [6.07, 6.45) is 2.45. The fraction of sp³-hybridized carbons (Fsp3) is 0.810. The number of hydrogen-bond acceptors (Lipinski definition) is 6. The first kappa shape index (κ1) is 24.0. The van der Waals surface area contributed by atoms with E-state index in [9.17, 15) is 4.79 Å². The molecular weight excluding hydrogens is 384 g/mol. The van der Waals surface area contributed by atoms with Crippen molar-refractivity contribution in [2.45, 2.75) is 66.4 Å². The maximum absolute atomic E-state index is 12.4. The third-order valence-corrected chi connectivity index (χ3v) is 4.92. The lowest BCUT2D eigenvalue weighted by Crippen LogP contribution is -2.48.